The first kappa shape index (κ1) is 15.1. The molecule has 0 fully saturated rings. The van der Waals surface area contributed by atoms with Crippen LogP contribution < -0.4 is 5.32 Å². The fourth-order valence-electron chi connectivity index (χ4n) is 2.43. The van der Waals surface area contributed by atoms with Gasteiger partial charge in [-0.2, -0.15) is 5.26 Å². The number of rotatable bonds is 4. The third-order valence-corrected chi connectivity index (χ3v) is 3.59. The van der Waals surface area contributed by atoms with Crippen LogP contribution in [0.4, 0.5) is 5.69 Å². The summed E-state index contributed by atoms with van der Waals surface area (Å²) in [5, 5.41) is 12.8. The maximum Gasteiger partial charge on any atom is 0.0885 e. The van der Waals surface area contributed by atoms with Crippen LogP contribution in [0, 0.1) is 11.3 Å². The summed E-state index contributed by atoms with van der Waals surface area (Å²) in [7, 11) is 0. The minimum Gasteiger partial charge on any atom is -0.383 e. The van der Waals surface area contributed by atoms with Gasteiger partial charge >= 0.3 is 0 Å². The third kappa shape index (κ3) is 3.86. The monoisotopic (exact) mass is 278 g/mol. The summed E-state index contributed by atoms with van der Waals surface area (Å²) in [5.74, 6) is -0.140. The Morgan fingerprint density at radius 2 is 1.62 bits per heavy atom. The summed E-state index contributed by atoms with van der Waals surface area (Å²) >= 11 is 0. The Balaban J connectivity index is 2.15. The average Bonchev–Trinajstić information content (AvgIpc) is 2.48. The van der Waals surface area contributed by atoms with E-state index in [-0.39, 0.29) is 11.3 Å². The van der Waals surface area contributed by atoms with Gasteiger partial charge in [0.2, 0.25) is 0 Å². The number of nitriles is 1. The molecule has 0 aliphatic carbocycles. The van der Waals surface area contributed by atoms with E-state index in [1.165, 1.54) is 5.56 Å². The first-order chi connectivity index (χ1) is 10.0. The topological polar surface area (TPSA) is 35.8 Å². The van der Waals surface area contributed by atoms with Crippen LogP contribution >= 0.6 is 0 Å². The lowest BCUT2D eigenvalue weighted by Gasteiger charge is -2.24. The molecule has 0 aromatic heterocycles. The maximum absolute atomic E-state index is 9.40. The molecule has 0 amide bonds. The number of anilines is 1. The van der Waals surface area contributed by atoms with Crippen molar-refractivity contribution in [3.63, 3.8) is 0 Å². The highest BCUT2D eigenvalue weighted by Gasteiger charge is 2.18. The van der Waals surface area contributed by atoms with E-state index in [1.807, 2.05) is 36.4 Å². The Morgan fingerprint density at radius 3 is 2.24 bits per heavy atom. The Morgan fingerprint density at radius 1 is 1.00 bits per heavy atom. The molecule has 0 aliphatic heterocycles. The van der Waals surface area contributed by atoms with Gasteiger partial charge in [-0.25, -0.2) is 0 Å². The standard InChI is InChI=1S/C19H22N2/c1-19(2,3)17-11-7-8-12-18(17)21-14-16(13-20)15-9-5-4-6-10-15/h4-12,16,21H,14H2,1-3H3. The van der Waals surface area contributed by atoms with Gasteiger partial charge in [0, 0.05) is 12.2 Å². The van der Waals surface area contributed by atoms with E-state index in [0.29, 0.717) is 6.54 Å². The van der Waals surface area contributed by atoms with Crippen LogP contribution in [0.15, 0.2) is 54.6 Å². The molecular weight excluding hydrogens is 256 g/mol. The molecule has 0 spiro atoms. The van der Waals surface area contributed by atoms with Gasteiger partial charge in [0.15, 0.2) is 0 Å². The van der Waals surface area contributed by atoms with Crippen molar-refractivity contribution >= 4 is 5.69 Å². The number of para-hydroxylation sites is 1. The quantitative estimate of drug-likeness (QED) is 0.879. The molecule has 2 aromatic carbocycles. The van der Waals surface area contributed by atoms with Gasteiger partial charge in [-0.1, -0.05) is 69.3 Å². The van der Waals surface area contributed by atoms with Crippen LogP contribution in [0.1, 0.15) is 37.8 Å². The minimum absolute atomic E-state index is 0.0818. The number of hydrogen-bond donors (Lipinski definition) is 1. The van der Waals surface area contributed by atoms with Crippen molar-refractivity contribution < 1.29 is 0 Å². The Bertz CT molecular complexity index is 618. The Kier molecular flexibility index (Phi) is 4.65. The fourth-order valence-corrected chi connectivity index (χ4v) is 2.43. The molecule has 0 radical (unpaired) electrons. The summed E-state index contributed by atoms with van der Waals surface area (Å²) in [5.41, 5.74) is 3.52. The third-order valence-electron chi connectivity index (χ3n) is 3.59. The van der Waals surface area contributed by atoms with Crippen LogP contribution in [0.3, 0.4) is 0 Å². The van der Waals surface area contributed by atoms with Crippen molar-refractivity contribution in [3.8, 4) is 6.07 Å². The van der Waals surface area contributed by atoms with Crippen molar-refractivity contribution in [2.24, 2.45) is 0 Å². The second-order valence-electron chi connectivity index (χ2n) is 6.27. The van der Waals surface area contributed by atoms with Crippen molar-refractivity contribution in [1.29, 1.82) is 5.26 Å². The molecule has 108 valence electrons. The van der Waals surface area contributed by atoms with E-state index < -0.39 is 0 Å². The maximum atomic E-state index is 9.40. The first-order valence-corrected chi connectivity index (χ1v) is 7.30. The summed E-state index contributed by atoms with van der Waals surface area (Å²) < 4.78 is 0. The van der Waals surface area contributed by atoms with E-state index in [2.05, 4.69) is 50.4 Å². The van der Waals surface area contributed by atoms with Crippen LogP contribution in [0.25, 0.3) is 0 Å². The summed E-state index contributed by atoms with van der Waals surface area (Å²) in [4.78, 5) is 0. The lowest BCUT2D eigenvalue weighted by Crippen LogP contribution is -2.17. The van der Waals surface area contributed by atoms with Crippen molar-refractivity contribution in [1.82, 2.24) is 0 Å². The van der Waals surface area contributed by atoms with Gasteiger partial charge in [0.05, 0.1) is 12.0 Å². The number of nitrogens with zero attached hydrogens (tertiary/aromatic N) is 1. The highest BCUT2D eigenvalue weighted by molar-refractivity contribution is 5.54. The molecule has 21 heavy (non-hydrogen) atoms. The lowest BCUT2D eigenvalue weighted by atomic mass is 9.85. The second kappa shape index (κ2) is 6.45. The smallest absolute Gasteiger partial charge is 0.0885 e. The molecule has 1 N–H and O–H groups in total. The molecule has 0 aliphatic rings. The zero-order valence-corrected chi connectivity index (χ0v) is 12.9. The summed E-state index contributed by atoms with van der Waals surface area (Å²) in [6.45, 7) is 7.22. The highest BCUT2D eigenvalue weighted by Crippen LogP contribution is 2.29. The van der Waals surface area contributed by atoms with Crippen molar-refractivity contribution in [3.05, 3.63) is 65.7 Å². The van der Waals surface area contributed by atoms with Crippen LogP contribution in [0.2, 0.25) is 0 Å². The van der Waals surface area contributed by atoms with Gasteiger partial charge in [0.25, 0.3) is 0 Å². The minimum atomic E-state index is -0.140. The highest BCUT2D eigenvalue weighted by atomic mass is 14.9. The van der Waals surface area contributed by atoms with Gasteiger partial charge in [-0.05, 0) is 22.6 Å². The van der Waals surface area contributed by atoms with Crippen molar-refractivity contribution in [2.75, 3.05) is 11.9 Å². The zero-order valence-electron chi connectivity index (χ0n) is 12.9. The lowest BCUT2D eigenvalue weighted by molar-refractivity contribution is 0.591. The van der Waals surface area contributed by atoms with Crippen LogP contribution in [-0.2, 0) is 5.41 Å². The molecule has 2 heteroatoms. The normalized spacial score (nSPS) is 12.5. The predicted molar refractivity (Wildman–Crippen MR) is 88.4 cm³/mol. The van der Waals surface area contributed by atoms with Gasteiger partial charge in [-0.3, -0.25) is 0 Å². The van der Waals surface area contributed by atoms with Gasteiger partial charge in [-0.15, -0.1) is 0 Å². The SMILES string of the molecule is CC(C)(C)c1ccccc1NCC(C#N)c1ccccc1. The Hall–Kier alpha value is -2.27. The summed E-state index contributed by atoms with van der Waals surface area (Å²) in [6.07, 6.45) is 0. The molecule has 2 rings (SSSR count). The van der Waals surface area contributed by atoms with E-state index in [0.717, 1.165) is 11.3 Å². The summed E-state index contributed by atoms with van der Waals surface area (Å²) in [6, 6.07) is 20.6. The Labute approximate surface area is 127 Å². The molecule has 1 unspecified atom stereocenters. The first-order valence-electron chi connectivity index (χ1n) is 7.30. The molecule has 0 saturated heterocycles. The van der Waals surface area contributed by atoms with E-state index in [1.54, 1.807) is 0 Å². The van der Waals surface area contributed by atoms with Crippen LogP contribution in [-0.4, -0.2) is 6.54 Å². The molecular formula is C19H22N2. The largest absolute Gasteiger partial charge is 0.383 e. The number of hydrogen-bond acceptors (Lipinski definition) is 2. The van der Waals surface area contributed by atoms with Crippen LogP contribution in [0.5, 0.6) is 0 Å². The molecule has 0 saturated carbocycles. The predicted octanol–water partition coefficient (Wildman–Crippen LogP) is 4.70. The zero-order chi connectivity index (χ0) is 15.3. The number of benzene rings is 2. The second-order valence-corrected chi connectivity index (χ2v) is 6.27. The van der Waals surface area contributed by atoms with E-state index >= 15 is 0 Å². The fraction of sp³-hybridized carbons (Fsp3) is 0.316. The molecule has 0 bridgehead atoms. The average molecular weight is 278 g/mol. The molecule has 2 nitrogen and oxygen atoms in total. The molecule has 0 heterocycles. The molecule has 1 atom stereocenters. The van der Waals surface area contributed by atoms with E-state index in [4.69, 9.17) is 0 Å². The number of nitrogens with one attached hydrogen (secondary N) is 1. The van der Waals surface area contributed by atoms with Gasteiger partial charge < -0.3 is 5.32 Å². The molecule has 2 aromatic rings. The van der Waals surface area contributed by atoms with Crippen molar-refractivity contribution in [2.45, 2.75) is 32.1 Å². The van der Waals surface area contributed by atoms with Gasteiger partial charge in [0.1, 0.15) is 0 Å². The van der Waals surface area contributed by atoms with E-state index in [9.17, 15) is 5.26 Å².